The topological polar surface area (TPSA) is 58.4 Å². The second-order valence-electron chi connectivity index (χ2n) is 5.36. The zero-order chi connectivity index (χ0) is 14.6. The summed E-state index contributed by atoms with van der Waals surface area (Å²) in [7, 11) is 1.70. The number of rotatable bonds is 3. The minimum atomic E-state index is -0.269. The molecule has 4 nitrogen and oxygen atoms in total. The maximum Gasteiger partial charge on any atom is 0.227 e. The van der Waals surface area contributed by atoms with Crippen molar-refractivity contribution in [2.24, 2.45) is 11.1 Å². The SMILES string of the molecule is CNC(=O)C1(C)CCN(Cc2sccc2C#CCN)C1. The van der Waals surface area contributed by atoms with Crippen LogP contribution < -0.4 is 11.1 Å². The molecule has 5 heteroatoms. The van der Waals surface area contributed by atoms with Crippen LogP contribution in [0.15, 0.2) is 11.4 Å². The van der Waals surface area contributed by atoms with Crippen molar-refractivity contribution >= 4 is 17.2 Å². The predicted octanol–water partition coefficient (Wildman–Crippen LogP) is 1.02. The summed E-state index contributed by atoms with van der Waals surface area (Å²) in [4.78, 5) is 15.5. The molecule has 1 aromatic rings. The van der Waals surface area contributed by atoms with Crippen LogP contribution in [0.25, 0.3) is 0 Å². The minimum absolute atomic E-state index is 0.134. The molecule has 2 rings (SSSR count). The molecule has 1 saturated heterocycles. The number of hydrogen-bond acceptors (Lipinski definition) is 4. The summed E-state index contributed by atoms with van der Waals surface area (Å²) < 4.78 is 0. The molecule has 1 aliphatic rings. The molecule has 1 amide bonds. The Bertz CT molecular complexity index is 543. The monoisotopic (exact) mass is 291 g/mol. The molecular formula is C15H21N3OS. The predicted molar refractivity (Wildman–Crippen MR) is 82.3 cm³/mol. The highest BCUT2D eigenvalue weighted by Crippen LogP contribution is 2.32. The largest absolute Gasteiger partial charge is 0.359 e. The zero-order valence-electron chi connectivity index (χ0n) is 12.0. The lowest BCUT2D eigenvalue weighted by Crippen LogP contribution is -2.39. The van der Waals surface area contributed by atoms with E-state index in [0.717, 1.165) is 31.6 Å². The Labute approximate surface area is 124 Å². The number of carbonyl (C=O) groups excluding carboxylic acids is 1. The Hall–Kier alpha value is -1.35. The van der Waals surface area contributed by atoms with Gasteiger partial charge in [-0.05, 0) is 31.3 Å². The zero-order valence-corrected chi connectivity index (χ0v) is 12.8. The standard InChI is InChI=1S/C15H21N3OS/c1-15(14(19)17-2)6-8-18(11-15)10-13-12(4-3-7-16)5-9-20-13/h5,9H,6-8,10-11,16H2,1-2H3,(H,17,19). The fourth-order valence-electron chi connectivity index (χ4n) is 2.60. The van der Waals surface area contributed by atoms with Crippen LogP contribution in [0.1, 0.15) is 23.8 Å². The van der Waals surface area contributed by atoms with Crippen LogP contribution in [0.2, 0.25) is 0 Å². The number of nitrogens with one attached hydrogen (secondary N) is 1. The van der Waals surface area contributed by atoms with E-state index in [1.165, 1.54) is 4.88 Å². The van der Waals surface area contributed by atoms with Crippen LogP contribution >= 0.6 is 11.3 Å². The number of nitrogens with two attached hydrogens (primary N) is 1. The van der Waals surface area contributed by atoms with Crippen molar-refractivity contribution in [1.29, 1.82) is 0 Å². The van der Waals surface area contributed by atoms with Crippen LogP contribution in [0.4, 0.5) is 0 Å². The van der Waals surface area contributed by atoms with Gasteiger partial charge in [0, 0.05) is 30.6 Å². The molecule has 108 valence electrons. The molecule has 1 atom stereocenters. The summed E-state index contributed by atoms with van der Waals surface area (Å²) in [5, 5.41) is 4.83. The average Bonchev–Trinajstić information content (AvgIpc) is 3.04. The molecule has 0 aliphatic carbocycles. The summed E-state index contributed by atoms with van der Waals surface area (Å²) in [5.74, 6) is 6.15. The van der Waals surface area contributed by atoms with Crippen LogP contribution in [0.3, 0.4) is 0 Å². The number of hydrogen-bond donors (Lipinski definition) is 2. The first kappa shape index (κ1) is 15.0. The Balaban J connectivity index is 2.02. The number of likely N-dealkylation sites (tertiary alicyclic amines) is 1. The van der Waals surface area contributed by atoms with Gasteiger partial charge in [-0.1, -0.05) is 11.8 Å². The molecule has 2 heterocycles. The molecule has 1 aliphatic heterocycles. The number of thiophene rings is 1. The Kier molecular flexibility index (Phi) is 4.81. The van der Waals surface area contributed by atoms with Crippen molar-refractivity contribution in [3.63, 3.8) is 0 Å². The Morgan fingerprint density at radius 2 is 2.45 bits per heavy atom. The molecule has 0 bridgehead atoms. The van der Waals surface area contributed by atoms with Crippen molar-refractivity contribution in [3.8, 4) is 11.8 Å². The van der Waals surface area contributed by atoms with Crippen molar-refractivity contribution in [1.82, 2.24) is 10.2 Å². The first-order valence-electron chi connectivity index (χ1n) is 6.79. The Morgan fingerprint density at radius 3 is 3.15 bits per heavy atom. The van der Waals surface area contributed by atoms with E-state index in [1.54, 1.807) is 18.4 Å². The van der Waals surface area contributed by atoms with E-state index < -0.39 is 0 Å². The molecular weight excluding hydrogens is 270 g/mol. The maximum atomic E-state index is 11.9. The summed E-state index contributed by atoms with van der Waals surface area (Å²) in [6.45, 7) is 5.03. The molecule has 1 aromatic heterocycles. The third-order valence-electron chi connectivity index (χ3n) is 3.77. The Morgan fingerprint density at radius 1 is 1.65 bits per heavy atom. The first-order chi connectivity index (χ1) is 9.59. The second-order valence-corrected chi connectivity index (χ2v) is 6.36. The fourth-order valence-corrected chi connectivity index (χ4v) is 3.47. The first-order valence-corrected chi connectivity index (χ1v) is 7.67. The van der Waals surface area contributed by atoms with Gasteiger partial charge in [0.15, 0.2) is 0 Å². The minimum Gasteiger partial charge on any atom is -0.359 e. The molecule has 0 saturated carbocycles. The highest BCUT2D eigenvalue weighted by atomic mass is 32.1. The third kappa shape index (κ3) is 3.21. The lowest BCUT2D eigenvalue weighted by atomic mass is 9.89. The van der Waals surface area contributed by atoms with Crippen LogP contribution in [-0.2, 0) is 11.3 Å². The van der Waals surface area contributed by atoms with Gasteiger partial charge in [-0.2, -0.15) is 0 Å². The molecule has 1 unspecified atom stereocenters. The lowest BCUT2D eigenvalue weighted by molar-refractivity contribution is -0.129. The highest BCUT2D eigenvalue weighted by molar-refractivity contribution is 7.10. The van der Waals surface area contributed by atoms with Crippen molar-refractivity contribution in [2.45, 2.75) is 19.9 Å². The number of nitrogens with zero attached hydrogens (tertiary/aromatic N) is 1. The van der Waals surface area contributed by atoms with E-state index in [-0.39, 0.29) is 11.3 Å². The van der Waals surface area contributed by atoms with E-state index >= 15 is 0 Å². The lowest BCUT2D eigenvalue weighted by Gasteiger charge is -2.22. The van der Waals surface area contributed by atoms with Gasteiger partial charge < -0.3 is 11.1 Å². The quantitative estimate of drug-likeness (QED) is 0.817. The maximum absolute atomic E-state index is 11.9. The normalized spacial score (nSPS) is 22.4. The fraction of sp³-hybridized carbons (Fsp3) is 0.533. The number of amides is 1. The van der Waals surface area contributed by atoms with Crippen molar-refractivity contribution < 1.29 is 4.79 Å². The average molecular weight is 291 g/mol. The van der Waals surface area contributed by atoms with Gasteiger partial charge in [0.2, 0.25) is 5.91 Å². The molecule has 0 spiro atoms. The smallest absolute Gasteiger partial charge is 0.227 e. The van der Waals surface area contributed by atoms with Crippen molar-refractivity contribution in [2.75, 3.05) is 26.7 Å². The van der Waals surface area contributed by atoms with Crippen LogP contribution in [-0.4, -0.2) is 37.5 Å². The van der Waals surface area contributed by atoms with Gasteiger partial charge >= 0.3 is 0 Å². The molecule has 0 aromatic carbocycles. The van der Waals surface area contributed by atoms with E-state index in [2.05, 4.69) is 27.4 Å². The van der Waals surface area contributed by atoms with Crippen LogP contribution in [0.5, 0.6) is 0 Å². The summed E-state index contributed by atoms with van der Waals surface area (Å²) in [6.07, 6.45) is 0.905. The van der Waals surface area contributed by atoms with E-state index in [9.17, 15) is 4.79 Å². The molecule has 3 N–H and O–H groups in total. The van der Waals surface area contributed by atoms with Gasteiger partial charge in [-0.3, -0.25) is 9.69 Å². The van der Waals surface area contributed by atoms with Gasteiger partial charge in [0.05, 0.1) is 12.0 Å². The number of carbonyl (C=O) groups is 1. The molecule has 1 fully saturated rings. The van der Waals surface area contributed by atoms with E-state index in [4.69, 9.17) is 5.73 Å². The van der Waals surface area contributed by atoms with E-state index in [1.807, 2.05) is 13.0 Å². The van der Waals surface area contributed by atoms with Crippen LogP contribution in [0, 0.1) is 17.3 Å². The van der Waals surface area contributed by atoms with Gasteiger partial charge in [0.1, 0.15) is 0 Å². The summed E-state index contributed by atoms with van der Waals surface area (Å²) in [6, 6.07) is 2.04. The van der Waals surface area contributed by atoms with E-state index in [0.29, 0.717) is 6.54 Å². The third-order valence-corrected chi connectivity index (χ3v) is 4.67. The highest BCUT2D eigenvalue weighted by Gasteiger charge is 2.39. The van der Waals surface area contributed by atoms with Gasteiger partial charge in [0.25, 0.3) is 0 Å². The molecule has 20 heavy (non-hydrogen) atoms. The molecule has 0 radical (unpaired) electrons. The van der Waals surface area contributed by atoms with Gasteiger partial charge in [-0.15, -0.1) is 11.3 Å². The van der Waals surface area contributed by atoms with Crippen molar-refractivity contribution in [3.05, 3.63) is 21.9 Å². The summed E-state index contributed by atoms with van der Waals surface area (Å²) >= 11 is 1.72. The summed E-state index contributed by atoms with van der Waals surface area (Å²) in [5.41, 5.74) is 6.21. The van der Waals surface area contributed by atoms with Gasteiger partial charge in [-0.25, -0.2) is 0 Å². The second kappa shape index (κ2) is 6.40.